The highest BCUT2D eigenvalue weighted by Crippen LogP contribution is 2.13. The number of nitrogens with one attached hydrogen (secondary N) is 2. The van der Waals surface area contributed by atoms with E-state index in [4.69, 9.17) is 15.1 Å². The minimum atomic E-state index is -0.389. The van der Waals surface area contributed by atoms with Crippen molar-refractivity contribution < 1.29 is 9.53 Å². The molecule has 0 aromatic carbocycles. The van der Waals surface area contributed by atoms with Crippen LogP contribution >= 0.6 is 0 Å². The lowest BCUT2D eigenvalue weighted by Crippen LogP contribution is -2.38. The van der Waals surface area contributed by atoms with Crippen molar-refractivity contribution in [2.24, 2.45) is 0 Å². The number of aromatic nitrogens is 5. The summed E-state index contributed by atoms with van der Waals surface area (Å²) in [5.41, 5.74) is 1.75. The lowest BCUT2D eigenvalue weighted by Gasteiger charge is -2.16. The zero-order valence-electron chi connectivity index (χ0n) is 19.0. The van der Waals surface area contributed by atoms with E-state index in [0.717, 1.165) is 18.4 Å². The number of aryl methyl sites for hydroxylation is 3. The van der Waals surface area contributed by atoms with Crippen molar-refractivity contribution in [1.82, 2.24) is 28.8 Å². The van der Waals surface area contributed by atoms with Gasteiger partial charge in [-0.25, -0.2) is 9.97 Å². The molecule has 5 heterocycles. The van der Waals surface area contributed by atoms with E-state index in [9.17, 15) is 9.59 Å². The number of fused-ring (bicyclic) bond motifs is 2. The molecule has 0 bridgehead atoms. The quantitative estimate of drug-likeness (QED) is 0.406. The van der Waals surface area contributed by atoms with E-state index in [2.05, 4.69) is 10.3 Å². The van der Waals surface area contributed by atoms with Crippen LogP contribution < -0.4 is 16.4 Å². The highest BCUT2D eigenvalue weighted by Gasteiger charge is 2.20. The Labute approximate surface area is 195 Å². The number of hydrogen-bond acceptors (Lipinski definition) is 6. The summed E-state index contributed by atoms with van der Waals surface area (Å²) in [6.45, 7) is 4.10. The molecular formula is C24H27N7O3. The minimum absolute atomic E-state index is 0.0138. The van der Waals surface area contributed by atoms with Crippen LogP contribution in [0.1, 0.15) is 35.2 Å². The molecule has 1 saturated heterocycles. The summed E-state index contributed by atoms with van der Waals surface area (Å²) in [5, 5.41) is 12.0. The van der Waals surface area contributed by atoms with Gasteiger partial charge < -0.3 is 19.2 Å². The van der Waals surface area contributed by atoms with Crippen molar-refractivity contribution in [2.75, 3.05) is 13.2 Å². The van der Waals surface area contributed by atoms with Crippen LogP contribution in [0.25, 0.3) is 16.7 Å². The number of nitrogens with zero attached hydrogens (tertiary/aromatic N) is 5. The van der Waals surface area contributed by atoms with Gasteiger partial charge in [-0.05, 0) is 43.9 Å². The number of ether oxygens (including phenoxy) is 1. The van der Waals surface area contributed by atoms with Crippen molar-refractivity contribution in [3.8, 4) is 0 Å². The maximum atomic E-state index is 13.4. The molecule has 4 aromatic heterocycles. The van der Waals surface area contributed by atoms with Gasteiger partial charge in [-0.1, -0.05) is 6.07 Å². The molecule has 10 nitrogen and oxygen atoms in total. The van der Waals surface area contributed by atoms with Crippen molar-refractivity contribution in [1.29, 1.82) is 5.41 Å². The van der Waals surface area contributed by atoms with Crippen molar-refractivity contribution >= 4 is 22.6 Å². The summed E-state index contributed by atoms with van der Waals surface area (Å²) < 4.78 is 10.7. The van der Waals surface area contributed by atoms with E-state index in [-0.39, 0.29) is 28.6 Å². The Bertz CT molecular complexity index is 1460. The highest BCUT2D eigenvalue weighted by atomic mass is 16.5. The van der Waals surface area contributed by atoms with Crippen LogP contribution in [-0.2, 0) is 17.8 Å². The summed E-state index contributed by atoms with van der Waals surface area (Å²) in [6, 6.07) is 5.18. The molecule has 1 aliphatic rings. The SMILES string of the molecule is Cc1ccc2nc3c(cc(C(=O)NCC4CCCO4)c(=N)n3CCCn3ccnc3)c(=O)n2c1. The van der Waals surface area contributed by atoms with Gasteiger partial charge in [0.25, 0.3) is 11.5 Å². The first-order valence-corrected chi connectivity index (χ1v) is 11.5. The number of rotatable bonds is 7. The molecule has 1 fully saturated rings. The number of hydrogen-bond donors (Lipinski definition) is 2. The van der Waals surface area contributed by atoms with Gasteiger partial charge in [0.05, 0.1) is 23.4 Å². The number of carbonyl (C=O) groups is 1. The second-order valence-electron chi connectivity index (χ2n) is 8.65. The van der Waals surface area contributed by atoms with Crippen LogP contribution in [0.5, 0.6) is 0 Å². The average molecular weight is 462 g/mol. The van der Waals surface area contributed by atoms with Gasteiger partial charge in [-0.3, -0.25) is 19.4 Å². The molecule has 0 spiro atoms. The molecule has 1 amide bonds. The van der Waals surface area contributed by atoms with E-state index in [1.165, 1.54) is 10.5 Å². The van der Waals surface area contributed by atoms with Crippen LogP contribution in [0.3, 0.4) is 0 Å². The monoisotopic (exact) mass is 461 g/mol. The Morgan fingerprint density at radius 1 is 1.32 bits per heavy atom. The molecule has 2 N–H and O–H groups in total. The van der Waals surface area contributed by atoms with E-state index >= 15 is 0 Å². The first-order valence-electron chi connectivity index (χ1n) is 11.5. The van der Waals surface area contributed by atoms with Crippen molar-refractivity contribution in [2.45, 2.75) is 45.4 Å². The van der Waals surface area contributed by atoms with E-state index in [1.54, 1.807) is 29.4 Å². The second kappa shape index (κ2) is 9.22. The largest absolute Gasteiger partial charge is 0.376 e. The molecule has 0 aliphatic carbocycles. The topological polar surface area (TPSA) is 119 Å². The minimum Gasteiger partial charge on any atom is -0.376 e. The molecule has 34 heavy (non-hydrogen) atoms. The molecule has 5 rings (SSSR count). The summed E-state index contributed by atoms with van der Waals surface area (Å²) in [7, 11) is 0. The molecule has 1 unspecified atom stereocenters. The standard InChI is InChI=1S/C24H27N7O3/c1-16-5-6-20-28-22-19(24(33)31(20)14-16)12-18(23(32)27-13-17-4-2-11-34-17)21(25)30(22)9-3-8-29-10-7-26-15-29/h5-7,10,12,14-15,17,25H,2-4,8-9,11,13H2,1H3,(H,27,32). The van der Waals surface area contributed by atoms with Crippen LogP contribution in [0.2, 0.25) is 0 Å². The third-order valence-electron chi connectivity index (χ3n) is 6.17. The number of carbonyl (C=O) groups excluding carboxylic acids is 1. The third kappa shape index (κ3) is 4.24. The fraction of sp³-hybridized carbons (Fsp3) is 0.375. The predicted molar refractivity (Wildman–Crippen MR) is 126 cm³/mol. The summed E-state index contributed by atoms with van der Waals surface area (Å²) >= 11 is 0. The molecule has 10 heteroatoms. The van der Waals surface area contributed by atoms with Gasteiger partial charge in [0.2, 0.25) is 0 Å². The first-order chi connectivity index (χ1) is 16.5. The molecular weight excluding hydrogens is 434 g/mol. The molecule has 1 aliphatic heterocycles. The predicted octanol–water partition coefficient (Wildman–Crippen LogP) is 1.63. The molecule has 1 atom stereocenters. The lowest BCUT2D eigenvalue weighted by atomic mass is 10.1. The normalized spacial score (nSPS) is 15.9. The molecule has 0 saturated carbocycles. The number of amides is 1. The first kappa shape index (κ1) is 22.0. The fourth-order valence-electron chi connectivity index (χ4n) is 4.37. The van der Waals surface area contributed by atoms with Gasteiger partial charge in [0.15, 0.2) is 0 Å². The van der Waals surface area contributed by atoms with Gasteiger partial charge >= 0.3 is 0 Å². The Balaban J connectivity index is 1.57. The van der Waals surface area contributed by atoms with Gasteiger partial charge in [0.1, 0.15) is 16.8 Å². The number of imidazole rings is 1. The van der Waals surface area contributed by atoms with E-state index in [0.29, 0.717) is 49.3 Å². The number of pyridine rings is 2. The smallest absolute Gasteiger partial charge is 0.267 e. The maximum absolute atomic E-state index is 13.4. The van der Waals surface area contributed by atoms with E-state index < -0.39 is 0 Å². The molecule has 0 radical (unpaired) electrons. The Morgan fingerprint density at radius 3 is 2.97 bits per heavy atom. The third-order valence-corrected chi connectivity index (χ3v) is 6.17. The Hall–Kier alpha value is -3.79. The molecule has 4 aromatic rings. The summed E-state index contributed by atoms with van der Waals surface area (Å²) in [4.78, 5) is 35.2. The zero-order valence-corrected chi connectivity index (χ0v) is 19.0. The highest BCUT2D eigenvalue weighted by molar-refractivity contribution is 5.96. The summed E-state index contributed by atoms with van der Waals surface area (Å²) in [5.74, 6) is -0.389. The Kier molecular flexibility index (Phi) is 5.97. The second-order valence-corrected chi connectivity index (χ2v) is 8.65. The van der Waals surface area contributed by atoms with Crippen LogP contribution in [-0.4, -0.2) is 48.7 Å². The van der Waals surface area contributed by atoms with Gasteiger partial charge in [-0.2, -0.15) is 0 Å². The molecule has 176 valence electrons. The zero-order chi connectivity index (χ0) is 23.7. The van der Waals surface area contributed by atoms with Gasteiger partial charge in [0, 0.05) is 44.8 Å². The van der Waals surface area contributed by atoms with Crippen molar-refractivity contribution in [3.05, 3.63) is 70.1 Å². The lowest BCUT2D eigenvalue weighted by molar-refractivity contribution is 0.0855. The van der Waals surface area contributed by atoms with Gasteiger partial charge in [-0.15, -0.1) is 0 Å². The maximum Gasteiger partial charge on any atom is 0.267 e. The van der Waals surface area contributed by atoms with E-state index in [1.807, 2.05) is 23.8 Å². The van der Waals surface area contributed by atoms with Crippen LogP contribution in [0, 0.1) is 12.3 Å². The van der Waals surface area contributed by atoms with Crippen molar-refractivity contribution in [3.63, 3.8) is 0 Å². The Morgan fingerprint density at radius 2 is 2.21 bits per heavy atom. The summed E-state index contributed by atoms with van der Waals surface area (Å²) in [6.07, 6.45) is 9.60. The van der Waals surface area contributed by atoms with Crippen LogP contribution in [0.15, 0.2) is 47.9 Å². The average Bonchev–Trinajstić information content (AvgIpc) is 3.54. The van der Waals surface area contributed by atoms with Crippen LogP contribution in [0.4, 0.5) is 0 Å². The fourth-order valence-corrected chi connectivity index (χ4v) is 4.37.